The Kier molecular flexibility index (Phi) is 4.07. The molecule has 0 spiro atoms. The largest absolute Gasteiger partial charge is 0.381 e. The standard InChI is InChI=1S/C15H13F2N/c16-14-9-8-13(11-15(14)17)18-10-4-7-12-5-2-1-3-6-12/h1-9,11,18H,10H2/b7-4+. The highest BCUT2D eigenvalue weighted by molar-refractivity contribution is 5.50. The highest BCUT2D eigenvalue weighted by atomic mass is 19.2. The van der Waals surface area contributed by atoms with Gasteiger partial charge in [-0.25, -0.2) is 8.78 Å². The third kappa shape index (κ3) is 3.42. The molecular formula is C15H13F2N. The average Bonchev–Trinajstić information content (AvgIpc) is 2.40. The minimum atomic E-state index is -0.841. The summed E-state index contributed by atoms with van der Waals surface area (Å²) in [6, 6.07) is 13.6. The summed E-state index contributed by atoms with van der Waals surface area (Å²) in [7, 11) is 0. The van der Waals surface area contributed by atoms with Gasteiger partial charge in [-0.15, -0.1) is 0 Å². The Morgan fingerprint density at radius 3 is 2.44 bits per heavy atom. The van der Waals surface area contributed by atoms with Crippen LogP contribution < -0.4 is 5.32 Å². The van der Waals surface area contributed by atoms with Gasteiger partial charge in [0, 0.05) is 18.3 Å². The molecule has 0 heterocycles. The van der Waals surface area contributed by atoms with E-state index in [1.54, 1.807) is 0 Å². The lowest BCUT2D eigenvalue weighted by Gasteiger charge is -2.03. The van der Waals surface area contributed by atoms with E-state index in [1.165, 1.54) is 6.07 Å². The average molecular weight is 245 g/mol. The van der Waals surface area contributed by atoms with E-state index in [0.29, 0.717) is 12.2 Å². The minimum Gasteiger partial charge on any atom is -0.381 e. The zero-order valence-corrected chi connectivity index (χ0v) is 9.74. The Bertz CT molecular complexity index is 535. The molecule has 0 saturated heterocycles. The summed E-state index contributed by atoms with van der Waals surface area (Å²) in [4.78, 5) is 0. The predicted octanol–water partition coefficient (Wildman–Crippen LogP) is 4.09. The van der Waals surface area contributed by atoms with Crippen LogP contribution in [0.4, 0.5) is 14.5 Å². The molecule has 0 saturated carbocycles. The van der Waals surface area contributed by atoms with Gasteiger partial charge in [0.2, 0.25) is 0 Å². The number of rotatable bonds is 4. The van der Waals surface area contributed by atoms with Gasteiger partial charge in [0.05, 0.1) is 0 Å². The van der Waals surface area contributed by atoms with Gasteiger partial charge >= 0.3 is 0 Å². The van der Waals surface area contributed by atoms with Crippen molar-refractivity contribution in [3.05, 3.63) is 71.8 Å². The van der Waals surface area contributed by atoms with Crippen molar-refractivity contribution in [2.24, 2.45) is 0 Å². The summed E-state index contributed by atoms with van der Waals surface area (Å²) in [6.07, 6.45) is 3.89. The molecular weight excluding hydrogens is 232 g/mol. The molecule has 0 aliphatic carbocycles. The Balaban J connectivity index is 1.89. The summed E-state index contributed by atoms with van der Waals surface area (Å²) >= 11 is 0. The molecule has 0 aliphatic rings. The van der Waals surface area contributed by atoms with Crippen LogP contribution in [0, 0.1) is 11.6 Å². The van der Waals surface area contributed by atoms with Crippen molar-refractivity contribution < 1.29 is 8.78 Å². The van der Waals surface area contributed by atoms with Gasteiger partial charge < -0.3 is 5.32 Å². The van der Waals surface area contributed by atoms with E-state index in [9.17, 15) is 8.78 Å². The minimum absolute atomic E-state index is 0.556. The first-order valence-corrected chi connectivity index (χ1v) is 5.66. The molecule has 2 rings (SSSR count). The lowest BCUT2D eigenvalue weighted by molar-refractivity contribution is 0.509. The van der Waals surface area contributed by atoms with Gasteiger partial charge in [0.25, 0.3) is 0 Å². The van der Waals surface area contributed by atoms with Gasteiger partial charge in [0.15, 0.2) is 11.6 Å². The first-order valence-electron chi connectivity index (χ1n) is 5.66. The van der Waals surface area contributed by atoms with E-state index in [2.05, 4.69) is 5.32 Å². The monoisotopic (exact) mass is 245 g/mol. The molecule has 0 aromatic heterocycles. The molecule has 1 nitrogen and oxygen atoms in total. The molecule has 3 heteroatoms. The molecule has 1 N–H and O–H groups in total. The number of nitrogens with one attached hydrogen (secondary N) is 1. The Morgan fingerprint density at radius 1 is 0.944 bits per heavy atom. The van der Waals surface area contributed by atoms with E-state index >= 15 is 0 Å². The van der Waals surface area contributed by atoms with Crippen molar-refractivity contribution in [1.29, 1.82) is 0 Å². The van der Waals surface area contributed by atoms with E-state index < -0.39 is 11.6 Å². The van der Waals surface area contributed by atoms with E-state index in [0.717, 1.165) is 17.7 Å². The Hall–Kier alpha value is -2.16. The van der Waals surface area contributed by atoms with Crippen LogP contribution in [0.15, 0.2) is 54.6 Å². The topological polar surface area (TPSA) is 12.0 Å². The molecule has 2 aromatic carbocycles. The summed E-state index contributed by atoms with van der Waals surface area (Å²) in [5.41, 5.74) is 1.66. The number of hydrogen-bond donors (Lipinski definition) is 1. The van der Waals surface area contributed by atoms with Crippen molar-refractivity contribution in [3.63, 3.8) is 0 Å². The van der Waals surface area contributed by atoms with Gasteiger partial charge in [-0.05, 0) is 17.7 Å². The summed E-state index contributed by atoms with van der Waals surface area (Å²) in [5.74, 6) is -1.67. The smallest absolute Gasteiger partial charge is 0.160 e. The molecule has 0 atom stereocenters. The molecule has 2 aromatic rings. The first kappa shape index (κ1) is 12.3. The molecule has 92 valence electrons. The van der Waals surface area contributed by atoms with Crippen LogP contribution in [-0.4, -0.2) is 6.54 Å². The molecule has 0 bridgehead atoms. The van der Waals surface area contributed by atoms with Crippen LogP contribution in [0.1, 0.15) is 5.56 Å². The maximum Gasteiger partial charge on any atom is 0.160 e. The SMILES string of the molecule is Fc1ccc(NC/C=C/c2ccccc2)cc1F. The number of halogens is 2. The third-order valence-corrected chi connectivity index (χ3v) is 2.45. The molecule has 18 heavy (non-hydrogen) atoms. The van der Waals surface area contributed by atoms with Crippen LogP contribution in [-0.2, 0) is 0 Å². The maximum atomic E-state index is 12.9. The molecule has 0 amide bonds. The first-order chi connectivity index (χ1) is 8.75. The van der Waals surface area contributed by atoms with E-state index in [1.807, 2.05) is 42.5 Å². The van der Waals surface area contributed by atoms with Gasteiger partial charge in [0.1, 0.15) is 0 Å². The van der Waals surface area contributed by atoms with E-state index in [-0.39, 0.29) is 0 Å². The number of hydrogen-bond acceptors (Lipinski definition) is 1. The highest BCUT2D eigenvalue weighted by Gasteiger charge is 2.00. The van der Waals surface area contributed by atoms with Crippen LogP contribution in [0.3, 0.4) is 0 Å². The Morgan fingerprint density at radius 2 is 1.72 bits per heavy atom. The van der Waals surface area contributed by atoms with Crippen molar-refractivity contribution >= 4 is 11.8 Å². The molecule has 0 fully saturated rings. The van der Waals surface area contributed by atoms with Crippen LogP contribution in [0.5, 0.6) is 0 Å². The predicted molar refractivity (Wildman–Crippen MR) is 70.3 cm³/mol. The van der Waals surface area contributed by atoms with Crippen LogP contribution >= 0.6 is 0 Å². The van der Waals surface area contributed by atoms with Crippen molar-refractivity contribution in [3.8, 4) is 0 Å². The van der Waals surface area contributed by atoms with Gasteiger partial charge in [-0.2, -0.15) is 0 Å². The lowest BCUT2D eigenvalue weighted by Crippen LogP contribution is -1.99. The fourth-order valence-electron chi connectivity index (χ4n) is 1.54. The molecule has 0 unspecified atom stereocenters. The van der Waals surface area contributed by atoms with Gasteiger partial charge in [-0.1, -0.05) is 42.5 Å². The zero-order chi connectivity index (χ0) is 12.8. The zero-order valence-electron chi connectivity index (χ0n) is 9.74. The fraction of sp³-hybridized carbons (Fsp3) is 0.0667. The van der Waals surface area contributed by atoms with E-state index in [4.69, 9.17) is 0 Å². The van der Waals surface area contributed by atoms with Crippen molar-refractivity contribution in [2.75, 3.05) is 11.9 Å². The number of anilines is 1. The van der Waals surface area contributed by atoms with Crippen molar-refractivity contribution in [2.45, 2.75) is 0 Å². The van der Waals surface area contributed by atoms with Crippen LogP contribution in [0.2, 0.25) is 0 Å². The number of benzene rings is 2. The third-order valence-electron chi connectivity index (χ3n) is 2.45. The summed E-state index contributed by atoms with van der Waals surface area (Å²) in [6.45, 7) is 0.556. The normalized spacial score (nSPS) is 10.8. The molecule has 0 aliphatic heterocycles. The van der Waals surface area contributed by atoms with Crippen LogP contribution in [0.25, 0.3) is 6.08 Å². The molecule has 0 radical (unpaired) electrons. The fourth-order valence-corrected chi connectivity index (χ4v) is 1.54. The highest BCUT2D eigenvalue weighted by Crippen LogP contribution is 2.12. The van der Waals surface area contributed by atoms with Crippen molar-refractivity contribution in [1.82, 2.24) is 0 Å². The summed E-state index contributed by atoms with van der Waals surface area (Å²) < 4.78 is 25.6. The lowest BCUT2D eigenvalue weighted by atomic mass is 10.2. The maximum absolute atomic E-state index is 12.9. The van der Waals surface area contributed by atoms with Gasteiger partial charge in [-0.3, -0.25) is 0 Å². The Labute approximate surface area is 105 Å². The quantitative estimate of drug-likeness (QED) is 0.855. The summed E-state index contributed by atoms with van der Waals surface area (Å²) in [5, 5.41) is 2.99. The second-order valence-corrected chi connectivity index (χ2v) is 3.82. The second-order valence-electron chi connectivity index (χ2n) is 3.82. The second kappa shape index (κ2) is 5.96.